The van der Waals surface area contributed by atoms with Gasteiger partial charge in [-0.2, -0.15) is 0 Å². The molecular formula is C18H20N4OS2. The molecule has 2 aromatic heterocycles. The molecule has 0 bridgehead atoms. The molecule has 0 saturated carbocycles. The van der Waals surface area contributed by atoms with Crippen molar-refractivity contribution >= 4 is 34.7 Å². The van der Waals surface area contributed by atoms with E-state index in [1.165, 1.54) is 11.8 Å². The van der Waals surface area contributed by atoms with E-state index in [2.05, 4.69) is 21.7 Å². The lowest BCUT2D eigenvalue weighted by atomic mass is 10.3. The van der Waals surface area contributed by atoms with Gasteiger partial charge >= 0.3 is 0 Å². The molecule has 0 saturated heterocycles. The van der Waals surface area contributed by atoms with E-state index in [0.717, 1.165) is 28.1 Å². The van der Waals surface area contributed by atoms with Crippen LogP contribution < -0.4 is 4.90 Å². The zero-order valence-corrected chi connectivity index (χ0v) is 15.9. The van der Waals surface area contributed by atoms with Crippen LogP contribution in [0.25, 0.3) is 10.7 Å². The Morgan fingerprint density at radius 2 is 1.96 bits per heavy atom. The average molecular weight is 373 g/mol. The number of thioether (sulfide) groups is 1. The predicted molar refractivity (Wildman–Crippen MR) is 104 cm³/mol. The van der Waals surface area contributed by atoms with Crippen molar-refractivity contribution in [2.45, 2.75) is 25.5 Å². The first-order chi connectivity index (χ1) is 12.2. The number of hydrogen-bond donors (Lipinski definition) is 0. The number of nitrogens with zero attached hydrogens (tertiary/aromatic N) is 4. The van der Waals surface area contributed by atoms with E-state index in [0.29, 0.717) is 12.3 Å². The van der Waals surface area contributed by atoms with Crippen LogP contribution in [-0.2, 0) is 11.3 Å². The molecule has 0 atom stereocenters. The molecule has 0 radical (unpaired) electrons. The number of thiophene rings is 1. The van der Waals surface area contributed by atoms with Crippen LogP contribution >= 0.6 is 23.1 Å². The fraction of sp³-hybridized carbons (Fsp3) is 0.278. The van der Waals surface area contributed by atoms with Gasteiger partial charge in [-0.05, 0) is 37.4 Å². The molecule has 0 N–H and O–H groups in total. The average Bonchev–Trinajstić information content (AvgIpc) is 3.30. The van der Waals surface area contributed by atoms with Crippen LogP contribution in [0.2, 0.25) is 0 Å². The number of aromatic nitrogens is 3. The van der Waals surface area contributed by atoms with E-state index in [1.807, 2.05) is 54.8 Å². The number of benzene rings is 1. The minimum Gasteiger partial charge on any atom is -0.312 e. The van der Waals surface area contributed by atoms with Gasteiger partial charge in [0.1, 0.15) is 0 Å². The first-order valence-electron chi connectivity index (χ1n) is 8.19. The van der Waals surface area contributed by atoms with Gasteiger partial charge in [-0.15, -0.1) is 21.5 Å². The molecule has 130 valence electrons. The summed E-state index contributed by atoms with van der Waals surface area (Å²) in [6.07, 6.45) is 0. The third-order valence-electron chi connectivity index (χ3n) is 3.78. The van der Waals surface area contributed by atoms with E-state index in [9.17, 15) is 4.79 Å². The SMILES string of the molecule is CCN(C(=O)CSc1nnc(-c2cccs2)n1CC)c1ccccc1. The summed E-state index contributed by atoms with van der Waals surface area (Å²) in [6.45, 7) is 5.46. The highest BCUT2D eigenvalue weighted by Crippen LogP contribution is 2.27. The summed E-state index contributed by atoms with van der Waals surface area (Å²) in [7, 11) is 0. The Labute approximate surface area is 155 Å². The first kappa shape index (κ1) is 17.7. The zero-order chi connectivity index (χ0) is 17.6. The van der Waals surface area contributed by atoms with E-state index in [4.69, 9.17) is 0 Å². The molecule has 0 aliphatic heterocycles. The van der Waals surface area contributed by atoms with Crippen LogP contribution in [-0.4, -0.2) is 33.0 Å². The van der Waals surface area contributed by atoms with Crippen LogP contribution in [0.15, 0.2) is 53.0 Å². The van der Waals surface area contributed by atoms with Gasteiger partial charge in [-0.1, -0.05) is 36.0 Å². The van der Waals surface area contributed by atoms with Crippen LogP contribution in [0.1, 0.15) is 13.8 Å². The summed E-state index contributed by atoms with van der Waals surface area (Å²) in [5.74, 6) is 1.27. The number of hydrogen-bond acceptors (Lipinski definition) is 5. The topological polar surface area (TPSA) is 51.0 Å². The van der Waals surface area contributed by atoms with Crippen molar-refractivity contribution in [1.82, 2.24) is 14.8 Å². The highest BCUT2D eigenvalue weighted by Gasteiger charge is 2.18. The molecule has 2 heterocycles. The standard InChI is InChI=1S/C18H20N4OS2/c1-3-21(14-9-6-5-7-10-14)16(23)13-25-18-20-19-17(22(18)4-2)15-11-8-12-24-15/h5-12H,3-4,13H2,1-2H3. The minimum atomic E-state index is 0.0713. The number of carbonyl (C=O) groups excluding carboxylic acids is 1. The molecule has 25 heavy (non-hydrogen) atoms. The maximum absolute atomic E-state index is 12.6. The molecule has 7 heteroatoms. The Kier molecular flexibility index (Phi) is 5.88. The maximum atomic E-state index is 12.6. The van der Waals surface area contributed by atoms with Crippen LogP contribution in [0.5, 0.6) is 0 Å². The van der Waals surface area contributed by atoms with E-state index >= 15 is 0 Å². The molecule has 1 aromatic carbocycles. The van der Waals surface area contributed by atoms with Gasteiger partial charge in [0, 0.05) is 18.8 Å². The largest absolute Gasteiger partial charge is 0.312 e. The molecule has 1 amide bonds. The highest BCUT2D eigenvalue weighted by molar-refractivity contribution is 7.99. The monoisotopic (exact) mass is 372 g/mol. The van der Waals surface area contributed by atoms with Gasteiger partial charge in [-0.25, -0.2) is 0 Å². The van der Waals surface area contributed by atoms with Crippen LogP contribution in [0.3, 0.4) is 0 Å². The fourth-order valence-electron chi connectivity index (χ4n) is 2.58. The van der Waals surface area contributed by atoms with Gasteiger partial charge in [0.05, 0.1) is 10.6 Å². The molecular weight excluding hydrogens is 352 g/mol. The number of rotatable bonds is 7. The van der Waals surface area contributed by atoms with Gasteiger partial charge in [-0.3, -0.25) is 4.79 Å². The maximum Gasteiger partial charge on any atom is 0.237 e. The zero-order valence-electron chi connectivity index (χ0n) is 14.3. The third-order valence-corrected chi connectivity index (χ3v) is 5.60. The third kappa shape index (κ3) is 3.93. The lowest BCUT2D eigenvalue weighted by Gasteiger charge is -2.20. The van der Waals surface area contributed by atoms with E-state index in [-0.39, 0.29) is 5.91 Å². The summed E-state index contributed by atoms with van der Waals surface area (Å²) >= 11 is 3.08. The molecule has 0 fully saturated rings. The Hall–Kier alpha value is -2.12. The number of carbonyl (C=O) groups is 1. The second-order valence-electron chi connectivity index (χ2n) is 5.29. The Balaban J connectivity index is 1.72. The van der Waals surface area contributed by atoms with Crippen LogP contribution in [0.4, 0.5) is 5.69 Å². The summed E-state index contributed by atoms with van der Waals surface area (Å²) < 4.78 is 2.06. The number of anilines is 1. The number of para-hydroxylation sites is 1. The lowest BCUT2D eigenvalue weighted by molar-refractivity contribution is -0.116. The normalized spacial score (nSPS) is 10.8. The minimum absolute atomic E-state index is 0.0713. The summed E-state index contributed by atoms with van der Waals surface area (Å²) in [4.78, 5) is 15.5. The smallest absolute Gasteiger partial charge is 0.237 e. The van der Waals surface area contributed by atoms with Gasteiger partial charge in [0.2, 0.25) is 5.91 Å². The predicted octanol–water partition coefficient (Wildman–Crippen LogP) is 4.17. The molecule has 0 aliphatic rings. The van der Waals surface area contributed by atoms with Crippen molar-refractivity contribution in [2.75, 3.05) is 17.2 Å². The van der Waals surface area contributed by atoms with Crippen molar-refractivity contribution in [3.05, 3.63) is 47.8 Å². The molecule has 3 aromatic rings. The summed E-state index contributed by atoms with van der Waals surface area (Å²) in [5, 5.41) is 11.4. The van der Waals surface area contributed by atoms with Gasteiger partial charge in [0.15, 0.2) is 11.0 Å². The van der Waals surface area contributed by atoms with Crippen LogP contribution in [0, 0.1) is 0 Å². The number of amides is 1. The highest BCUT2D eigenvalue weighted by atomic mass is 32.2. The van der Waals surface area contributed by atoms with Crippen molar-refractivity contribution in [3.63, 3.8) is 0 Å². The quantitative estimate of drug-likeness (QED) is 0.584. The molecule has 0 spiro atoms. The van der Waals surface area contributed by atoms with Crippen molar-refractivity contribution in [2.24, 2.45) is 0 Å². The summed E-state index contributed by atoms with van der Waals surface area (Å²) in [6, 6.07) is 13.8. The second-order valence-corrected chi connectivity index (χ2v) is 7.18. The molecule has 0 aliphatic carbocycles. The lowest BCUT2D eigenvalue weighted by Crippen LogP contribution is -2.32. The Morgan fingerprint density at radius 3 is 2.60 bits per heavy atom. The van der Waals surface area contributed by atoms with E-state index < -0.39 is 0 Å². The second kappa shape index (κ2) is 8.31. The molecule has 5 nitrogen and oxygen atoms in total. The van der Waals surface area contributed by atoms with Gasteiger partial charge < -0.3 is 9.47 Å². The molecule has 0 unspecified atom stereocenters. The first-order valence-corrected chi connectivity index (χ1v) is 10.1. The Morgan fingerprint density at radius 1 is 1.16 bits per heavy atom. The molecule has 3 rings (SSSR count). The van der Waals surface area contributed by atoms with Crippen molar-refractivity contribution < 1.29 is 4.79 Å². The Bertz CT molecular complexity index is 815. The van der Waals surface area contributed by atoms with E-state index in [1.54, 1.807) is 16.2 Å². The fourth-order valence-corrected chi connectivity index (χ4v) is 4.18. The van der Waals surface area contributed by atoms with Crippen molar-refractivity contribution in [1.29, 1.82) is 0 Å². The van der Waals surface area contributed by atoms with Gasteiger partial charge in [0.25, 0.3) is 0 Å². The van der Waals surface area contributed by atoms with Crippen molar-refractivity contribution in [3.8, 4) is 10.7 Å². The summed E-state index contributed by atoms with van der Waals surface area (Å²) in [5.41, 5.74) is 0.923.